The number of rotatable bonds is 3. The van der Waals surface area contributed by atoms with Gasteiger partial charge in [0.15, 0.2) is 0 Å². The van der Waals surface area contributed by atoms with E-state index >= 15 is 0 Å². The highest BCUT2D eigenvalue weighted by Crippen LogP contribution is 2.23. The Balaban J connectivity index is 2.59. The SMILES string of the molecule is CC=CCC(Cl)c1ccccc1. The van der Waals surface area contributed by atoms with E-state index in [-0.39, 0.29) is 5.38 Å². The first-order chi connectivity index (χ1) is 5.84. The van der Waals surface area contributed by atoms with Crippen LogP contribution in [-0.4, -0.2) is 0 Å². The Hall–Kier alpha value is -0.750. The number of halogens is 1. The van der Waals surface area contributed by atoms with E-state index in [0.29, 0.717) is 0 Å². The monoisotopic (exact) mass is 180 g/mol. The number of hydrogen-bond donors (Lipinski definition) is 0. The van der Waals surface area contributed by atoms with Gasteiger partial charge in [0.2, 0.25) is 0 Å². The molecule has 1 aromatic rings. The molecule has 0 aromatic heterocycles. The molecule has 1 atom stereocenters. The third-order valence-corrected chi connectivity index (χ3v) is 2.17. The third-order valence-electron chi connectivity index (χ3n) is 1.74. The van der Waals surface area contributed by atoms with Crippen LogP contribution in [-0.2, 0) is 0 Å². The average Bonchev–Trinajstić information content (AvgIpc) is 2.15. The average molecular weight is 181 g/mol. The fraction of sp³-hybridized carbons (Fsp3) is 0.273. The fourth-order valence-electron chi connectivity index (χ4n) is 1.05. The molecule has 0 nitrogen and oxygen atoms in total. The number of benzene rings is 1. The van der Waals surface area contributed by atoms with Crippen LogP contribution in [0.5, 0.6) is 0 Å². The zero-order valence-electron chi connectivity index (χ0n) is 7.20. The lowest BCUT2D eigenvalue weighted by molar-refractivity contribution is 0.955. The van der Waals surface area contributed by atoms with E-state index in [2.05, 4.69) is 18.2 Å². The molecule has 1 rings (SSSR count). The van der Waals surface area contributed by atoms with Gasteiger partial charge < -0.3 is 0 Å². The van der Waals surface area contributed by atoms with Crippen LogP contribution < -0.4 is 0 Å². The van der Waals surface area contributed by atoms with Crippen molar-refractivity contribution in [1.82, 2.24) is 0 Å². The lowest BCUT2D eigenvalue weighted by Gasteiger charge is -2.05. The Morgan fingerprint density at radius 2 is 2.00 bits per heavy atom. The van der Waals surface area contributed by atoms with Crippen molar-refractivity contribution < 1.29 is 0 Å². The maximum Gasteiger partial charge on any atom is 0.0619 e. The second-order valence-corrected chi connectivity index (χ2v) is 3.21. The van der Waals surface area contributed by atoms with E-state index in [1.165, 1.54) is 5.56 Å². The molecule has 1 heteroatoms. The molecule has 0 heterocycles. The Morgan fingerprint density at radius 3 is 2.58 bits per heavy atom. The highest BCUT2D eigenvalue weighted by Gasteiger charge is 2.03. The number of hydrogen-bond acceptors (Lipinski definition) is 0. The molecule has 0 spiro atoms. The van der Waals surface area contributed by atoms with E-state index < -0.39 is 0 Å². The van der Waals surface area contributed by atoms with Gasteiger partial charge in [0.1, 0.15) is 0 Å². The van der Waals surface area contributed by atoms with Crippen molar-refractivity contribution in [2.24, 2.45) is 0 Å². The Labute approximate surface area is 78.9 Å². The molecule has 0 aliphatic carbocycles. The van der Waals surface area contributed by atoms with Gasteiger partial charge in [-0.15, -0.1) is 11.6 Å². The first-order valence-corrected chi connectivity index (χ1v) is 4.58. The van der Waals surface area contributed by atoms with Crippen molar-refractivity contribution in [3.8, 4) is 0 Å². The summed E-state index contributed by atoms with van der Waals surface area (Å²) in [4.78, 5) is 0. The quantitative estimate of drug-likeness (QED) is 0.489. The van der Waals surface area contributed by atoms with Crippen molar-refractivity contribution in [3.05, 3.63) is 48.0 Å². The van der Waals surface area contributed by atoms with Crippen molar-refractivity contribution in [2.75, 3.05) is 0 Å². The summed E-state index contributed by atoms with van der Waals surface area (Å²) in [7, 11) is 0. The topological polar surface area (TPSA) is 0 Å². The maximum atomic E-state index is 6.13. The third kappa shape index (κ3) is 2.71. The minimum atomic E-state index is 0.113. The van der Waals surface area contributed by atoms with Gasteiger partial charge in [0.25, 0.3) is 0 Å². The van der Waals surface area contributed by atoms with Gasteiger partial charge in [-0.05, 0) is 18.9 Å². The highest BCUT2D eigenvalue weighted by molar-refractivity contribution is 6.20. The van der Waals surface area contributed by atoms with Gasteiger partial charge in [0, 0.05) is 0 Å². The van der Waals surface area contributed by atoms with Crippen LogP contribution >= 0.6 is 11.6 Å². The smallest absolute Gasteiger partial charge is 0.0619 e. The number of allylic oxidation sites excluding steroid dienone is 2. The summed E-state index contributed by atoms with van der Waals surface area (Å²) in [6.45, 7) is 2.01. The first-order valence-electron chi connectivity index (χ1n) is 4.14. The van der Waals surface area contributed by atoms with Crippen LogP contribution in [0.25, 0.3) is 0 Å². The van der Waals surface area contributed by atoms with Crippen LogP contribution in [0.2, 0.25) is 0 Å². The Morgan fingerprint density at radius 1 is 1.33 bits per heavy atom. The second-order valence-electron chi connectivity index (χ2n) is 2.68. The maximum absolute atomic E-state index is 6.13. The summed E-state index contributed by atoms with van der Waals surface area (Å²) in [6, 6.07) is 10.1. The molecule has 12 heavy (non-hydrogen) atoms. The van der Waals surface area contributed by atoms with Crippen LogP contribution in [0.4, 0.5) is 0 Å². The van der Waals surface area contributed by atoms with Crippen molar-refractivity contribution in [3.63, 3.8) is 0 Å². The Bertz CT molecular complexity index is 238. The normalized spacial score (nSPS) is 13.5. The Kier molecular flexibility index (Phi) is 3.89. The molecule has 0 bridgehead atoms. The molecule has 0 aliphatic heterocycles. The zero-order chi connectivity index (χ0) is 8.81. The molecule has 0 radical (unpaired) electrons. The minimum Gasteiger partial charge on any atom is -0.117 e. The molecule has 0 saturated heterocycles. The molecule has 0 saturated carbocycles. The predicted molar refractivity (Wildman–Crippen MR) is 54.5 cm³/mol. The molecule has 0 amide bonds. The summed E-state index contributed by atoms with van der Waals surface area (Å²) >= 11 is 6.13. The summed E-state index contributed by atoms with van der Waals surface area (Å²) < 4.78 is 0. The summed E-state index contributed by atoms with van der Waals surface area (Å²) in [5.41, 5.74) is 1.19. The van der Waals surface area contributed by atoms with Gasteiger partial charge in [-0.3, -0.25) is 0 Å². The highest BCUT2D eigenvalue weighted by atomic mass is 35.5. The molecule has 1 aromatic carbocycles. The van der Waals surface area contributed by atoms with Crippen LogP contribution in [0.15, 0.2) is 42.5 Å². The van der Waals surface area contributed by atoms with Crippen LogP contribution in [0.3, 0.4) is 0 Å². The van der Waals surface area contributed by atoms with E-state index in [4.69, 9.17) is 11.6 Å². The zero-order valence-corrected chi connectivity index (χ0v) is 7.96. The van der Waals surface area contributed by atoms with E-state index in [1.54, 1.807) is 0 Å². The minimum absolute atomic E-state index is 0.113. The van der Waals surface area contributed by atoms with Crippen LogP contribution in [0.1, 0.15) is 24.3 Å². The molecule has 0 fully saturated rings. The van der Waals surface area contributed by atoms with E-state index in [0.717, 1.165) is 6.42 Å². The molecule has 0 N–H and O–H groups in total. The summed E-state index contributed by atoms with van der Waals surface area (Å²) in [5, 5.41) is 0.113. The largest absolute Gasteiger partial charge is 0.117 e. The molecular weight excluding hydrogens is 168 g/mol. The molecule has 0 aliphatic rings. The van der Waals surface area contributed by atoms with Crippen LogP contribution in [0, 0.1) is 0 Å². The second kappa shape index (κ2) is 5.00. The lowest BCUT2D eigenvalue weighted by Crippen LogP contribution is -1.86. The summed E-state index contributed by atoms with van der Waals surface area (Å²) in [6.07, 6.45) is 5.02. The molecule has 1 unspecified atom stereocenters. The van der Waals surface area contributed by atoms with E-state index in [9.17, 15) is 0 Å². The molecule has 64 valence electrons. The van der Waals surface area contributed by atoms with Gasteiger partial charge in [-0.2, -0.15) is 0 Å². The molecular formula is C11H13Cl. The van der Waals surface area contributed by atoms with Gasteiger partial charge in [0.05, 0.1) is 5.38 Å². The lowest BCUT2D eigenvalue weighted by atomic mass is 10.1. The van der Waals surface area contributed by atoms with Gasteiger partial charge in [-0.1, -0.05) is 42.5 Å². The van der Waals surface area contributed by atoms with Crippen molar-refractivity contribution >= 4 is 11.6 Å². The standard InChI is InChI=1S/C11H13Cl/c1-2-3-9-11(12)10-7-5-4-6-8-10/h2-8,11H,9H2,1H3. The number of alkyl halides is 1. The first kappa shape index (κ1) is 9.34. The van der Waals surface area contributed by atoms with Crippen molar-refractivity contribution in [2.45, 2.75) is 18.7 Å². The fourth-order valence-corrected chi connectivity index (χ4v) is 1.30. The van der Waals surface area contributed by atoms with Gasteiger partial charge in [-0.25, -0.2) is 0 Å². The van der Waals surface area contributed by atoms with E-state index in [1.807, 2.05) is 31.2 Å². The summed E-state index contributed by atoms with van der Waals surface area (Å²) in [5.74, 6) is 0. The van der Waals surface area contributed by atoms with Crippen molar-refractivity contribution in [1.29, 1.82) is 0 Å². The van der Waals surface area contributed by atoms with Gasteiger partial charge >= 0.3 is 0 Å². The predicted octanol–water partition coefficient (Wildman–Crippen LogP) is 3.93.